The van der Waals surface area contributed by atoms with Crippen molar-refractivity contribution < 1.29 is 19.1 Å². The molecule has 0 aromatic carbocycles. The van der Waals surface area contributed by atoms with E-state index in [1.165, 1.54) is 0 Å². The minimum absolute atomic E-state index is 0.312. The zero-order chi connectivity index (χ0) is 20.7. The molecule has 6 nitrogen and oxygen atoms in total. The molecule has 4 rings (SSSR count). The van der Waals surface area contributed by atoms with Gasteiger partial charge in [-0.25, -0.2) is 19.6 Å². The molecule has 0 saturated heterocycles. The van der Waals surface area contributed by atoms with E-state index in [0.29, 0.717) is 45.7 Å². The van der Waals surface area contributed by atoms with Crippen molar-refractivity contribution in [2.75, 3.05) is 0 Å². The molecular formula is C20H20Cl2N2O4. The Labute approximate surface area is 173 Å². The molecule has 0 radical (unpaired) electrons. The molecule has 148 valence electrons. The van der Waals surface area contributed by atoms with Gasteiger partial charge in [-0.3, -0.25) is 0 Å². The Morgan fingerprint density at radius 1 is 0.786 bits per heavy atom. The second-order valence-corrected chi connectivity index (χ2v) is 7.78. The number of carbonyl (C=O) groups is 2. The summed E-state index contributed by atoms with van der Waals surface area (Å²) in [6.07, 6.45) is 1.39. The Hall–Kier alpha value is -2.18. The highest BCUT2D eigenvalue weighted by Crippen LogP contribution is 2.38. The molecular weight excluding hydrogens is 403 g/mol. The van der Waals surface area contributed by atoms with Gasteiger partial charge in [0.2, 0.25) is 0 Å². The van der Waals surface area contributed by atoms with Crippen molar-refractivity contribution >= 4 is 35.1 Å². The van der Waals surface area contributed by atoms with Gasteiger partial charge in [0.05, 0.1) is 11.1 Å². The number of carbonyl (C=O) groups excluding carboxylic acids is 2. The van der Waals surface area contributed by atoms with E-state index >= 15 is 0 Å². The van der Waals surface area contributed by atoms with Crippen molar-refractivity contribution in [2.45, 2.75) is 51.7 Å². The van der Waals surface area contributed by atoms with Gasteiger partial charge in [-0.2, -0.15) is 0 Å². The number of rotatable bonds is 2. The van der Waals surface area contributed by atoms with E-state index < -0.39 is 11.2 Å². The van der Waals surface area contributed by atoms with Gasteiger partial charge in [0.1, 0.15) is 21.7 Å². The lowest BCUT2D eigenvalue weighted by Gasteiger charge is -2.20. The fraction of sp³-hybridized carbons (Fsp3) is 0.400. The van der Waals surface area contributed by atoms with Crippen LogP contribution in [-0.2, 0) is 20.7 Å². The summed E-state index contributed by atoms with van der Waals surface area (Å²) in [4.78, 5) is 31.2. The lowest BCUT2D eigenvalue weighted by Crippen LogP contribution is -2.21. The molecule has 2 atom stereocenters. The minimum atomic E-state index is -0.614. The average Bonchev–Trinajstić information content (AvgIpc) is 3.06. The van der Waals surface area contributed by atoms with E-state index in [9.17, 15) is 9.59 Å². The molecule has 0 bridgehead atoms. The van der Waals surface area contributed by atoms with Gasteiger partial charge in [-0.05, 0) is 51.0 Å². The standard InChI is InChI=1S/2C10H10ClNO2/c2*1-3-10(2)8-6(9(13)14-10)4-5-7(11)12-8/h2*4-5H,3H2,1-2H3/t10-;/m1./s1. The summed E-state index contributed by atoms with van der Waals surface area (Å²) in [7, 11) is 0. The number of ether oxygens (including phenoxy) is 2. The number of cyclic esters (lactones) is 2. The third kappa shape index (κ3) is 3.47. The van der Waals surface area contributed by atoms with Crippen molar-refractivity contribution in [2.24, 2.45) is 0 Å². The first kappa shape index (κ1) is 20.6. The van der Waals surface area contributed by atoms with Gasteiger partial charge in [-0.15, -0.1) is 0 Å². The first-order valence-electron chi connectivity index (χ1n) is 8.94. The number of hydrogen-bond acceptors (Lipinski definition) is 6. The molecule has 0 fully saturated rings. The largest absolute Gasteiger partial charge is 0.449 e. The summed E-state index contributed by atoms with van der Waals surface area (Å²) < 4.78 is 10.5. The maximum Gasteiger partial charge on any atom is 0.341 e. The fourth-order valence-corrected chi connectivity index (χ4v) is 3.40. The van der Waals surface area contributed by atoms with Crippen molar-refractivity contribution in [1.29, 1.82) is 0 Å². The van der Waals surface area contributed by atoms with Gasteiger partial charge in [0, 0.05) is 0 Å². The Bertz CT molecular complexity index is 888. The maximum absolute atomic E-state index is 11.4. The third-order valence-electron chi connectivity index (χ3n) is 5.15. The normalized spacial score (nSPS) is 24.6. The van der Waals surface area contributed by atoms with Gasteiger partial charge in [-0.1, -0.05) is 37.0 Å². The summed E-state index contributed by atoms with van der Waals surface area (Å²) in [5, 5.41) is 0.781. The first-order chi connectivity index (χ1) is 13.1. The molecule has 0 amide bonds. The van der Waals surface area contributed by atoms with Crippen LogP contribution < -0.4 is 0 Å². The van der Waals surface area contributed by atoms with E-state index in [1.807, 2.05) is 27.7 Å². The molecule has 1 unspecified atom stereocenters. The lowest BCUT2D eigenvalue weighted by atomic mass is 9.97. The predicted octanol–water partition coefficient (Wildman–Crippen LogP) is 5.06. The summed E-state index contributed by atoms with van der Waals surface area (Å²) in [5.41, 5.74) is 1.13. The molecule has 2 aromatic rings. The van der Waals surface area contributed by atoms with E-state index in [2.05, 4.69) is 9.97 Å². The van der Waals surface area contributed by atoms with E-state index in [-0.39, 0.29) is 11.9 Å². The number of halogens is 2. The third-order valence-corrected chi connectivity index (χ3v) is 5.57. The molecule has 2 aliphatic rings. The number of fused-ring (bicyclic) bond motifs is 2. The Kier molecular flexibility index (Phi) is 5.38. The second kappa shape index (κ2) is 7.33. The zero-order valence-electron chi connectivity index (χ0n) is 16.0. The van der Waals surface area contributed by atoms with Crippen LogP contribution in [0.3, 0.4) is 0 Å². The average molecular weight is 423 g/mol. The van der Waals surface area contributed by atoms with E-state index in [4.69, 9.17) is 32.7 Å². The van der Waals surface area contributed by atoms with Gasteiger partial charge in [0.25, 0.3) is 0 Å². The highest BCUT2D eigenvalue weighted by molar-refractivity contribution is 6.29. The summed E-state index contributed by atoms with van der Waals surface area (Å²) >= 11 is 11.6. The summed E-state index contributed by atoms with van der Waals surface area (Å²) in [5.74, 6) is -0.623. The van der Waals surface area contributed by atoms with Crippen LogP contribution in [-0.4, -0.2) is 21.9 Å². The van der Waals surface area contributed by atoms with Crippen molar-refractivity contribution in [3.8, 4) is 0 Å². The Morgan fingerprint density at radius 2 is 1.14 bits per heavy atom. The molecule has 2 aliphatic heterocycles. The van der Waals surface area contributed by atoms with Crippen LogP contribution in [0.4, 0.5) is 0 Å². The number of aromatic nitrogens is 2. The van der Waals surface area contributed by atoms with Crippen LogP contribution in [0.2, 0.25) is 10.3 Å². The van der Waals surface area contributed by atoms with Crippen LogP contribution in [0.1, 0.15) is 72.6 Å². The molecule has 0 spiro atoms. The summed E-state index contributed by atoms with van der Waals surface area (Å²) in [6, 6.07) is 6.52. The monoisotopic (exact) mass is 422 g/mol. The van der Waals surface area contributed by atoms with Crippen molar-refractivity contribution in [3.63, 3.8) is 0 Å². The van der Waals surface area contributed by atoms with Crippen LogP contribution in [0.15, 0.2) is 24.3 Å². The van der Waals surface area contributed by atoms with Crippen molar-refractivity contribution in [3.05, 3.63) is 57.1 Å². The molecule has 0 aliphatic carbocycles. The Balaban J connectivity index is 0.000000161. The minimum Gasteiger partial charge on any atom is -0.449 e. The van der Waals surface area contributed by atoms with Crippen LogP contribution in [0.25, 0.3) is 0 Å². The number of hydrogen-bond donors (Lipinski definition) is 0. The first-order valence-corrected chi connectivity index (χ1v) is 9.70. The smallest absolute Gasteiger partial charge is 0.341 e. The number of esters is 2. The highest BCUT2D eigenvalue weighted by Gasteiger charge is 2.42. The van der Waals surface area contributed by atoms with Crippen LogP contribution >= 0.6 is 23.2 Å². The number of pyridine rings is 2. The van der Waals surface area contributed by atoms with E-state index in [0.717, 1.165) is 0 Å². The fourth-order valence-electron chi connectivity index (χ4n) is 3.10. The van der Waals surface area contributed by atoms with Gasteiger partial charge in [0.15, 0.2) is 11.2 Å². The highest BCUT2D eigenvalue weighted by atomic mass is 35.5. The van der Waals surface area contributed by atoms with Gasteiger partial charge >= 0.3 is 11.9 Å². The molecule has 4 heterocycles. The zero-order valence-corrected chi connectivity index (χ0v) is 17.5. The van der Waals surface area contributed by atoms with Crippen molar-refractivity contribution in [1.82, 2.24) is 9.97 Å². The molecule has 28 heavy (non-hydrogen) atoms. The Morgan fingerprint density at radius 3 is 1.46 bits per heavy atom. The molecule has 8 heteroatoms. The second-order valence-electron chi connectivity index (χ2n) is 7.01. The SMILES string of the molecule is CCC1(C)OC(=O)c2ccc(Cl)nc21.CC[C@@]1(C)OC(=O)c2ccc(Cl)nc21. The predicted molar refractivity (Wildman–Crippen MR) is 105 cm³/mol. The number of nitrogens with zero attached hydrogens (tertiary/aromatic N) is 2. The maximum atomic E-state index is 11.4. The van der Waals surface area contributed by atoms with Crippen LogP contribution in [0.5, 0.6) is 0 Å². The van der Waals surface area contributed by atoms with E-state index in [1.54, 1.807) is 24.3 Å². The summed E-state index contributed by atoms with van der Waals surface area (Å²) in [6.45, 7) is 7.59. The molecule has 2 aromatic heterocycles. The molecule has 0 N–H and O–H groups in total. The van der Waals surface area contributed by atoms with Gasteiger partial charge < -0.3 is 9.47 Å². The molecule has 0 saturated carbocycles. The quantitative estimate of drug-likeness (QED) is 0.496. The topological polar surface area (TPSA) is 78.4 Å². The lowest BCUT2D eigenvalue weighted by molar-refractivity contribution is -0.00318. The van der Waals surface area contributed by atoms with Crippen LogP contribution in [0, 0.1) is 0 Å².